The first-order valence-corrected chi connectivity index (χ1v) is 28.8. The van der Waals surface area contributed by atoms with Crippen molar-refractivity contribution >= 4 is 0 Å². The Morgan fingerprint density at radius 1 is 0.190 bits per heavy atom. The zero-order valence-electron chi connectivity index (χ0n) is 41.5. The molecular formula is C58H116. The Hall–Kier alpha value is 0. The Balaban J connectivity index is 2.19. The van der Waals surface area contributed by atoms with Gasteiger partial charge in [-0.1, -0.05) is 335 Å². The molecule has 0 N–H and O–H groups in total. The predicted molar refractivity (Wildman–Crippen MR) is 268 cm³/mol. The Labute approximate surface area is 371 Å². The van der Waals surface area contributed by atoms with Crippen LogP contribution in [0.3, 0.4) is 0 Å². The van der Waals surface area contributed by atoms with Crippen molar-refractivity contribution in [2.45, 2.75) is 355 Å². The Morgan fingerprint density at radius 3 is 0.534 bits per heavy atom. The van der Waals surface area contributed by atoms with Crippen LogP contribution in [0.15, 0.2) is 0 Å². The van der Waals surface area contributed by atoms with Gasteiger partial charge in [0.25, 0.3) is 0 Å². The fraction of sp³-hybridized carbons (Fsp3) is 1.00. The second kappa shape index (κ2) is 48.0. The van der Waals surface area contributed by atoms with Crippen LogP contribution in [-0.2, 0) is 0 Å². The fourth-order valence-corrected chi connectivity index (χ4v) is 11.1. The van der Waals surface area contributed by atoms with Gasteiger partial charge >= 0.3 is 0 Å². The zero-order chi connectivity index (χ0) is 41.5. The van der Waals surface area contributed by atoms with Crippen molar-refractivity contribution < 1.29 is 0 Å². The van der Waals surface area contributed by atoms with E-state index in [-0.39, 0.29) is 0 Å². The molecule has 2 unspecified atom stereocenters. The molecule has 58 heavy (non-hydrogen) atoms. The average molecular weight is 814 g/mol. The predicted octanol–water partition coefficient (Wildman–Crippen LogP) is 22.2. The molecule has 1 aliphatic carbocycles. The van der Waals surface area contributed by atoms with Gasteiger partial charge in [-0.15, -0.1) is 0 Å². The molecule has 0 aromatic carbocycles. The Kier molecular flexibility index (Phi) is 46.4. The first-order valence-electron chi connectivity index (χ1n) is 28.8. The molecule has 0 aromatic heterocycles. The van der Waals surface area contributed by atoms with Crippen LogP contribution < -0.4 is 0 Å². The molecule has 0 nitrogen and oxygen atoms in total. The third kappa shape index (κ3) is 38.9. The van der Waals surface area contributed by atoms with Crippen molar-refractivity contribution in [1.29, 1.82) is 0 Å². The summed E-state index contributed by atoms with van der Waals surface area (Å²) < 4.78 is 0. The summed E-state index contributed by atoms with van der Waals surface area (Å²) in [5.41, 5.74) is 0. The Bertz CT molecular complexity index is 680. The molecular weight excluding hydrogens is 697 g/mol. The lowest BCUT2D eigenvalue weighted by atomic mass is 9.80. The fourth-order valence-electron chi connectivity index (χ4n) is 11.1. The summed E-state index contributed by atoms with van der Waals surface area (Å²) in [6, 6.07) is 0. The van der Waals surface area contributed by atoms with Crippen molar-refractivity contribution in [3.63, 3.8) is 0 Å². The topological polar surface area (TPSA) is 0 Å². The van der Waals surface area contributed by atoms with Gasteiger partial charge in [0.05, 0.1) is 0 Å². The molecule has 0 saturated heterocycles. The van der Waals surface area contributed by atoms with Crippen LogP contribution in [0.5, 0.6) is 0 Å². The number of unbranched alkanes of at least 4 members (excludes halogenated alkanes) is 44. The van der Waals surface area contributed by atoms with Crippen LogP contribution in [0, 0.1) is 17.8 Å². The summed E-state index contributed by atoms with van der Waals surface area (Å²) in [4.78, 5) is 0. The van der Waals surface area contributed by atoms with E-state index in [0.29, 0.717) is 0 Å². The van der Waals surface area contributed by atoms with Gasteiger partial charge in [0.15, 0.2) is 0 Å². The number of rotatable bonds is 50. The first-order chi connectivity index (χ1) is 28.8. The molecule has 1 rings (SSSR count). The molecule has 0 heteroatoms. The van der Waals surface area contributed by atoms with E-state index >= 15 is 0 Å². The van der Waals surface area contributed by atoms with Gasteiger partial charge in [0.2, 0.25) is 0 Å². The SMILES string of the molecule is CCCCCCCCCCCCCCCCCCC1CCC(CCCCCCCCCCCCCCCCCC)C1CCCCCCCCCCCCCCCCC. The summed E-state index contributed by atoms with van der Waals surface area (Å²) in [5.74, 6) is 3.23. The maximum atomic E-state index is 2.33. The Morgan fingerprint density at radius 2 is 0.345 bits per heavy atom. The molecule has 0 aromatic rings. The minimum Gasteiger partial charge on any atom is -0.0654 e. The maximum Gasteiger partial charge on any atom is -0.0357 e. The summed E-state index contributed by atoms with van der Waals surface area (Å²) in [6.45, 7) is 6.97. The highest BCUT2D eigenvalue weighted by atomic mass is 14.4. The van der Waals surface area contributed by atoms with Gasteiger partial charge in [-0.25, -0.2) is 0 Å². The molecule has 0 aliphatic heterocycles. The zero-order valence-corrected chi connectivity index (χ0v) is 41.5. The summed E-state index contributed by atoms with van der Waals surface area (Å²) in [7, 11) is 0. The molecule has 0 amide bonds. The van der Waals surface area contributed by atoms with E-state index in [4.69, 9.17) is 0 Å². The van der Waals surface area contributed by atoms with Crippen LogP contribution in [-0.4, -0.2) is 0 Å². The van der Waals surface area contributed by atoms with Gasteiger partial charge in [-0.05, 0) is 37.0 Å². The van der Waals surface area contributed by atoms with E-state index in [9.17, 15) is 0 Å². The minimum atomic E-state index is 1.07. The van der Waals surface area contributed by atoms with Gasteiger partial charge in [0.1, 0.15) is 0 Å². The van der Waals surface area contributed by atoms with Crippen molar-refractivity contribution in [1.82, 2.24) is 0 Å². The van der Waals surface area contributed by atoms with Crippen LogP contribution in [0.2, 0.25) is 0 Å². The normalized spacial score (nSPS) is 16.9. The highest BCUT2D eigenvalue weighted by Crippen LogP contribution is 2.45. The second-order valence-electron chi connectivity index (χ2n) is 20.7. The molecule has 1 saturated carbocycles. The maximum absolute atomic E-state index is 2.33. The molecule has 0 bridgehead atoms. The molecule has 0 spiro atoms. The van der Waals surface area contributed by atoms with E-state index in [1.165, 1.54) is 302 Å². The van der Waals surface area contributed by atoms with Gasteiger partial charge < -0.3 is 0 Å². The largest absolute Gasteiger partial charge is 0.0654 e. The lowest BCUT2D eigenvalue weighted by Crippen LogP contribution is -2.15. The third-order valence-corrected chi connectivity index (χ3v) is 15.1. The van der Waals surface area contributed by atoms with Crippen molar-refractivity contribution in [3.05, 3.63) is 0 Å². The van der Waals surface area contributed by atoms with Gasteiger partial charge in [-0.2, -0.15) is 0 Å². The van der Waals surface area contributed by atoms with Crippen LogP contribution in [0.1, 0.15) is 355 Å². The average Bonchev–Trinajstić information content (AvgIpc) is 3.62. The van der Waals surface area contributed by atoms with E-state index < -0.39 is 0 Å². The van der Waals surface area contributed by atoms with E-state index in [0.717, 1.165) is 17.8 Å². The molecule has 2 atom stereocenters. The quantitative estimate of drug-likeness (QED) is 0.0537. The smallest absolute Gasteiger partial charge is 0.0357 e. The van der Waals surface area contributed by atoms with Crippen LogP contribution in [0.25, 0.3) is 0 Å². The van der Waals surface area contributed by atoms with E-state index in [1.54, 1.807) is 32.1 Å². The van der Waals surface area contributed by atoms with Crippen LogP contribution >= 0.6 is 0 Å². The van der Waals surface area contributed by atoms with Crippen molar-refractivity contribution in [3.8, 4) is 0 Å². The molecule has 0 radical (unpaired) electrons. The summed E-state index contributed by atoms with van der Waals surface area (Å²) in [6.07, 6.45) is 77.8. The number of hydrogen-bond acceptors (Lipinski definition) is 0. The van der Waals surface area contributed by atoms with Crippen molar-refractivity contribution in [2.24, 2.45) is 17.8 Å². The molecule has 1 fully saturated rings. The third-order valence-electron chi connectivity index (χ3n) is 15.1. The van der Waals surface area contributed by atoms with Gasteiger partial charge in [-0.3, -0.25) is 0 Å². The highest BCUT2D eigenvalue weighted by molar-refractivity contribution is 4.85. The second-order valence-corrected chi connectivity index (χ2v) is 20.7. The summed E-state index contributed by atoms with van der Waals surface area (Å²) in [5, 5.41) is 0. The minimum absolute atomic E-state index is 1.07. The lowest BCUT2D eigenvalue weighted by molar-refractivity contribution is 0.251. The lowest BCUT2D eigenvalue weighted by Gasteiger charge is -2.25. The first kappa shape index (κ1) is 56.0. The van der Waals surface area contributed by atoms with Crippen molar-refractivity contribution in [2.75, 3.05) is 0 Å². The van der Waals surface area contributed by atoms with E-state index in [2.05, 4.69) is 20.8 Å². The molecule has 0 heterocycles. The van der Waals surface area contributed by atoms with Gasteiger partial charge in [0, 0.05) is 0 Å². The molecule has 348 valence electrons. The summed E-state index contributed by atoms with van der Waals surface area (Å²) >= 11 is 0. The monoisotopic (exact) mass is 813 g/mol. The highest BCUT2D eigenvalue weighted by Gasteiger charge is 2.34. The van der Waals surface area contributed by atoms with E-state index in [1.807, 2.05) is 0 Å². The molecule has 1 aliphatic rings. The number of hydrogen-bond donors (Lipinski definition) is 0. The standard InChI is InChI=1S/C58H116/c1-4-7-10-13-16-19-22-25-28-31-33-36-39-42-45-48-51-56-54-55-57(52-49-46-43-40-37-34-32-29-26-23-20-17-14-11-8-5-2)58(56)53-50-47-44-41-38-35-30-27-24-21-18-15-12-9-6-3/h56-58H,4-55H2,1-3H3. The van der Waals surface area contributed by atoms with Crippen LogP contribution in [0.4, 0.5) is 0 Å².